The Kier molecular flexibility index (Phi) is 8.24. The van der Waals surface area contributed by atoms with Crippen LogP contribution in [0.4, 0.5) is 0 Å². The van der Waals surface area contributed by atoms with Gasteiger partial charge in [-0.1, -0.05) is 39.3 Å². The SMILES string of the molecule is CC(=O)C(O)(C(C)C)C1OC(O)C2C1OC1C=C3C4=C(CCC3(C)C12)C1(C)CCC(OC2OC(CO)C(O)C(O)C2O)CC1CC4. The first kappa shape index (κ1) is 33.3. The molecule has 0 aromatic rings. The maximum atomic E-state index is 12.7. The van der Waals surface area contributed by atoms with Crippen LogP contribution in [0.1, 0.15) is 79.6 Å². The van der Waals surface area contributed by atoms with Gasteiger partial charge in [-0.05, 0) is 85.7 Å². The van der Waals surface area contributed by atoms with Gasteiger partial charge >= 0.3 is 0 Å². The molecule has 3 heterocycles. The van der Waals surface area contributed by atoms with Gasteiger partial charge in [0.2, 0.25) is 0 Å². The quantitative estimate of drug-likeness (QED) is 0.246. The Balaban J connectivity index is 1.10. The smallest absolute Gasteiger partial charge is 0.186 e. The maximum absolute atomic E-state index is 12.7. The summed E-state index contributed by atoms with van der Waals surface area (Å²) in [7, 11) is 0. The first-order chi connectivity index (χ1) is 21.7. The summed E-state index contributed by atoms with van der Waals surface area (Å²) in [6.07, 6.45) is -0.926. The lowest BCUT2D eigenvalue weighted by molar-refractivity contribution is -0.315. The van der Waals surface area contributed by atoms with Gasteiger partial charge in [-0.15, -0.1) is 0 Å². The van der Waals surface area contributed by atoms with Gasteiger partial charge in [0.05, 0.1) is 24.9 Å². The van der Waals surface area contributed by atoms with Crippen molar-refractivity contribution in [3.05, 3.63) is 22.8 Å². The number of aliphatic hydroxyl groups is 6. The van der Waals surface area contributed by atoms with Crippen LogP contribution in [0.5, 0.6) is 0 Å². The van der Waals surface area contributed by atoms with E-state index in [2.05, 4.69) is 19.9 Å². The van der Waals surface area contributed by atoms with E-state index in [0.29, 0.717) is 5.92 Å². The van der Waals surface area contributed by atoms with Gasteiger partial charge in [-0.2, -0.15) is 0 Å². The van der Waals surface area contributed by atoms with Crippen LogP contribution < -0.4 is 0 Å². The van der Waals surface area contributed by atoms with E-state index in [4.69, 9.17) is 18.9 Å². The molecule has 3 saturated heterocycles. The van der Waals surface area contributed by atoms with Crippen LogP contribution in [0.25, 0.3) is 0 Å². The lowest BCUT2D eigenvalue weighted by Gasteiger charge is -2.54. The number of hydrogen-bond acceptors (Lipinski definition) is 11. The molecule has 4 aliphatic carbocycles. The molecule has 0 radical (unpaired) electrons. The fourth-order valence-corrected chi connectivity index (χ4v) is 10.8. The molecule has 6 N–H and O–H groups in total. The minimum atomic E-state index is -1.74. The van der Waals surface area contributed by atoms with E-state index in [-0.39, 0.29) is 40.7 Å². The number of aliphatic hydroxyl groups excluding tert-OH is 5. The molecule has 3 aliphatic heterocycles. The molecule has 46 heavy (non-hydrogen) atoms. The number of fused-ring (bicyclic) bond motifs is 8. The number of allylic oxidation sites excluding steroid dienone is 3. The highest BCUT2D eigenvalue weighted by Gasteiger charge is 2.69. The normalized spacial score (nSPS) is 51.1. The summed E-state index contributed by atoms with van der Waals surface area (Å²) in [5, 5.41) is 63.2. The fraction of sp³-hybridized carbons (Fsp3) is 0.857. The van der Waals surface area contributed by atoms with Crippen molar-refractivity contribution in [2.75, 3.05) is 6.61 Å². The molecular weight excluding hydrogens is 596 g/mol. The number of carbonyl (C=O) groups excluding carboxylic acids is 1. The van der Waals surface area contributed by atoms with Crippen LogP contribution >= 0.6 is 0 Å². The van der Waals surface area contributed by atoms with E-state index in [0.717, 1.165) is 44.9 Å². The van der Waals surface area contributed by atoms with E-state index < -0.39 is 67.3 Å². The van der Waals surface area contributed by atoms with Crippen molar-refractivity contribution >= 4 is 5.78 Å². The number of carbonyl (C=O) groups is 1. The van der Waals surface area contributed by atoms with Crippen molar-refractivity contribution < 1.29 is 54.4 Å². The molecule has 16 unspecified atom stereocenters. The highest BCUT2D eigenvalue weighted by atomic mass is 16.7. The monoisotopic (exact) mass is 648 g/mol. The van der Waals surface area contributed by atoms with Crippen molar-refractivity contribution in [2.24, 2.45) is 34.5 Å². The van der Waals surface area contributed by atoms with E-state index >= 15 is 0 Å². The zero-order chi connectivity index (χ0) is 33.1. The molecular formula is C35H52O11. The third kappa shape index (κ3) is 4.57. The highest BCUT2D eigenvalue weighted by Crippen LogP contribution is 2.67. The number of ketones is 1. The lowest BCUT2D eigenvalue weighted by atomic mass is 9.51. The first-order valence-corrected chi connectivity index (χ1v) is 17.3. The van der Waals surface area contributed by atoms with Crippen molar-refractivity contribution in [2.45, 2.75) is 147 Å². The molecule has 11 heteroatoms. The number of rotatable bonds is 6. The van der Waals surface area contributed by atoms with Crippen LogP contribution in [0.2, 0.25) is 0 Å². The van der Waals surface area contributed by atoms with E-state index in [1.165, 1.54) is 23.6 Å². The Morgan fingerprint density at radius 3 is 2.43 bits per heavy atom. The third-order valence-electron chi connectivity index (χ3n) is 13.6. The topological polar surface area (TPSA) is 175 Å². The number of ether oxygens (including phenoxy) is 4. The Labute approximate surface area is 270 Å². The highest BCUT2D eigenvalue weighted by molar-refractivity contribution is 5.86. The molecule has 0 aromatic carbocycles. The van der Waals surface area contributed by atoms with Gasteiger partial charge in [-0.3, -0.25) is 4.79 Å². The lowest BCUT2D eigenvalue weighted by Crippen LogP contribution is -2.60. The molecule has 11 nitrogen and oxygen atoms in total. The third-order valence-corrected chi connectivity index (χ3v) is 13.6. The Bertz CT molecular complexity index is 1290. The molecule has 7 aliphatic rings. The Hall–Kier alpha value is -1.25. The van der Waals surface area contributed by atoms with Gasteiger partial charge < -0.3 is 49.6 Å². The maximum Gasteiger partial charge on any atom is 0.186 e. The summed E-state index contributed by atoms with van der Waals surface area (Å²) < 4.78 is 24.5. The number of hydrogen-bond donors (Lipinski definition) is 6. The van der Waals surface area contributed by atoms with Crippen molar-refractivity contribution in [1.29, 1.82) is 0 Å². The average molecular weight is 649 g/mol. The molecule has 0 amide bonds. The van der Waals surface area contributed by atoms with Crippen molar-refractivity contribution in [3.63, 3.8) is 0 Å². The summed E-state index contributed by atoms with van der Waals surface area (Å²) >= 11 is 0. The van der Waals surface area contributed by atoms with E-state index in [1.807, 2.05) is 0 Å². The zero-order valence-corrected chi connectivity index (χ0v) is 27.5. The van der Waals surface area contributed by atoms with Crippen LogP contribution in [-0.2, 0) is 23.7 Å². The second-order valence-corrected chi connectivity index (χ2v) is 16.0. The van der Waals surface area contributed by atoms with Gasteiger partial charge in [0.25, 0.3) is 0 Å². The minimum absolute atomic E-state index is 0.0115. The van der Waals surface area contributed by atoms with Gasteiger partial charge in [0.15, 0.2) is 24.0 Å². The Morgan fingerprint density at radius 1 is 1.02 bits per heavy atom. The van der Waals surface area contributed by atoms with E-state index in [1.54, 1.807) is 13.8 Å². The predicted molar refractivity (Wildman–Crippen MR) is 163 cm³/mol. The predicted octanol–water partition coefficient (Wildman–Crippen LogP) is 1.50. The van der Waals surface area contributed by atoms with Crippen LogP contribution in [0.15, 0.2) is 22.8 Å². The number of Topliss-reactive ketones (excluding diaryl/α,β-unsaturated/α-hetero) is 1. The van der Waals surface area contributed by atoms with Gasteiger partial charge in [0, 0.05) is 11.8 Å². The van der Waals surface area contributed by atoms with Gasteiger partial charge in [-0.25, -0.2) is 0 Å². The summed E-state index contributed by atoms with van der Waals surface area (Å²) in [6.45, 7) is 9.13. The van der Waals surface area contributed by atoms with E-state index in [9.17, 15) is 35.4 Å². The second-order valence-electron chi connectivity index (χ2n) is 16.0. The summed E-state index contributed by atoms with van der Waals surface area (Å²) in [6, 6.07) is 0. The molecule has 0 bridgehead atoms. The van der Waals surface area contributed by atoms with Crippen LogP contribution in [0, 0.1) is 34.5 Å². The molecule has 1 saturated carbocycles. The summed E-state index contributed by atoms with van der Waals surface area (Å²) in [4.78, 5) is 12.7. The molecule has 258 valence electrons. The zero-order valence-electron chi connectivity index (χ0n) is 27.5. The van der Waals surface area contributed by atoms with Crippen molar-refractivity contribution in [3.8, 4) is 0 Å². The van der Waals surface area contributed by atoms with Gasteiger partial charge in [0.1, 0.15) is 30.5 Å². The van der Waals surface area contributed by atoms with Crippen LogP contribution in [0.3, 0.4) is 0 Å². The van der Waals surface area contributed by atoms with Crippen molar-refractivity contribution in [1.82, 2.24) is 0 Å². The molecule has 0 spiro atoms. The Morgan fingerprint density at radius 2 is 1.76 bits per heavy atom. The summed E-state index contributed by atoms with van der Waals surface area (Å²) in [5.41, 5.74) is 2.27. The fourth-order valence-electron chi connectivity index (χ4n) is 10.8. The van der Waals surface area contributed by atoms with Crippen LogP contribution in [-0.4, -0.2) is 110 Å². The second kappa shape index (κ2) is 11.4. The molecule has 7 rings (SSSR count). The minimum Gasteiger partial charge on any atom is -0.394 e. The molecule has 4 fully saturated rings. The molecule has 16 atom stereocenters. The standard InChI is InChI=1S/C35H52O11/c1-15(2)35(42,16(3)37)30-29-24(31(41)46-30)25-22(44-29)13-21-19-7-6-17-12-18(8-10-33(17,4)20(19)9-11-34(21,25)5)43-32-28(40)27(39)26(38)23(14-36)45-32/h13,15,17-18,22-32,36,38-42H,6-12,14H2,1-5H3. The summed E-state index contributed by atoms with van der Waals surface area (Å²) in [5.74, 6) is -0.773. The average Bonchev–Trinajstić information content (AvgIpc) is 3.64. The largest absolute Gasteiger partial charge is 0.394 e. The molecule has 0 aromatic heterocycles. The first-order valence-electron chi connectivity index (χ1n) is 17.3.